The van der Waals surface area contributed by atoms with Crippen molar-refractivity contribution in [2.24, 2.45) is 0 Å². The van der Waals surface area contributed by atoms with Crippen molar-refractivity contribution < 1.29 is 13.2 Å². The molecule has 0 unspecified atom stereocenters. The Morgan fingerprint density at radius 2 is 1.87 bits per heavy atom. The molecule has 0 aliphatic heterocycles. The van der Waals surface area contributed by atoms with E-state index in [9.17, 15) is 13.2 Å². The first-order chi connectivity index (χ1) is 10.8. The topological polar surface area (TPSA) is 17.8 Å². The van der Waals surface area contributed by atoms with Crippen molar-refractivity contribution in [2.75, 3.05) is 0 Å². The van der Waals surface area contributed by atoms with Gasteiger partial charge in [0.1, 0.15) is 0 Å². The van der Waals surface area contributed by atoms with Gasteiger partial charge in [-0.25, -0.2) is 0 Å². The van der Waals surface area contributed by atoms with E-state index in [0.717, 1.165) is 5.69 Å². The Hall–Kier alpha value is -1.20. The first-order valence-corrected chi connectivity index (χ1v) is 8.13. The minimum atomic E-state index is -4.18. The number of nitrogens with zero attached hydrogens (tertiary/aromatic N) is 2. The third kappa shape index (κ3) is 4.21. The number of aryl methyl sites for hydroxylation is 3. The summed E-state index contributed by atoms with van der Waals surface area (Å²) in [6.07, 6.45) is -4.44. The zero-order valence-corrected chi connectivity index (χ0v) is 14.4. The van der Waals surface area contributed by atoms with Crippen LogP contribution in [-0.4, -0.2) is 16.0 Å². The fourth-order valence-corrected chi connectivity index (χ4v) is 3.06. The lowest BCUT2D eigenvalue weighted by molar-refractivity contribution is -0.133. The maximum atomic E-state index is 12.3. The molecule has 2 aromatic rings. The molecule has 0 radical (unpaired) electrons. The lowest BCUT2D eigenvalue weighted by Gasteiger charge is -2.10. The van der Waals surface area contributed by atoms with Crippen LogP contribution in [0.15, 0.2) is 18.2 Å². The van der Waals surface area contributed by atoms with Gasteiger partial charge in [0.15, 0.2) is 0 Å². The SMILES string of the molecule is CCc1nn(CC)c(-c2ccc(CCC(F)(F)F)cc2Cl)c1Cl. The summed E-state index contributed by atoms with van der Waals surface area (Å²) in [7, 11) is 0. The molecule has 23 heavy (non-hydrogen) atoms. The van der Waals surface area contributed by atoms with Gasteiger partial charge < -0.3 is 0 Å². The van der Waals surface area contributed by atoms with E-state index in [1.54, 1.807) is 22.9 Å². The fraction of sp³-hybridized carbons (Fsp3) is 0.438. The van der Waals surface area contributed by atoms with Crippen molar-refractivity contribution in [3.8, 4) is 11.3 Å². The van der Waals surface area contributed by atoms with Gasteiger partial charge in [-0.2, -0.15) is 18.3 Å². The Bertz CT molecular complexity index is 693. The maximum absolute atomic E-state index is 12.3. The molecule has 0 saturated carbocycles. The Morgan fingerprint density at radius 3 is 2.39 bits per heavy atom. The summed E-state index contributed by atoms with van der Waals surface area (Å²) in [6.45, 7) is 4.53. The Balaban J connectivity index is 2.37. The van der Waals surface area contributed by atoms with Crippen LogP contribution in [0.25, 0.3) is 11.3 Å². The van der Waals surface area contributed by atoms with Gasteiger partial charge in [0.25, 0.3) is 0 Å². The van der Waals surface area contributed by atoms with Crippen LogP contribution >= 0.6 is 23.2 Å². The number of benzene rings is 1. The second-order valence-corrected chi connectivity index (χ2v) is 5.99. The van der Waals surface area contributed by atoms with E-state index in [4.69, 9.17) is 23.2 Å². The van der Waals surface area contributed by atoms with Crippen LogP contribution in [-0.2, 0) is 19.4 Å². The number of aromatic nitrogens is 2. The summed E-state index contributed by atoms with van der Waals surface area (Å²) >= 11 is 12.7. The molecular weight excluding hydrogens is 348 g/mol. The van der Waals surface area contributed by atoms with Gasteiger partial charge in [-0.3, -0.25) is 4.68 Å². The van der Waals surface area contributed by atoms with Crippen LogP contribution in [0, 0.1) is 0 Å². The Morgan fingerprint density at radius 1 is 1.17 bits per heavy atom. The number of alkyl halides is 3. The first-order valence-electron chi connectivity index (χ1n) is 7.37. The largest absolute Gasteiger partial charge is 0.389 e. The summed E-state index contributed by atoms with van der Waals surface area (Å²) in [6, 6.07) is 4.93. The van der Waals surface area contributed by atoms with Crippen molar-refractivity contribution in [3.63, 3.8) is 0 Å². The highest BCUT2D eigenvalue weighted by Crippen LogP contribution is 2.36. The molecule has 0 spiro atoms. The molecule has 0 amide bonds. The number of rotatable bonds is 5. The summed E-state index contributed by atoms with van der Waals surface area (Å²) in [5, 5.41) is 5.35. The van der Waals surface area contributed by atoms with E-state index >= 15 is 0 Å². The summed E-state index contributed by atoms with van der Waals surface area (Å²) < 4.78 is 38.7. The highest BCUT2D eigenvalue weighted by Gasteiger charge is 2.26. The second-order valence-electron chi connectivity index (χ2n) is 5.21. The van der Waals surface area contributed by atoms with Crippen molar-refractivity contribution >= 4 is 23.2 Å². The molecule has 0 aliphatic rings. The molecule has 0 atom stereocenters. The van der Waals surface area contributed by atoms with Gasteiger partial charge in [0, 0.05) is 18.5 Å². The minimum absolute atomic E-state index is 0.0928. The quantitative estimate of drug-likeness (QED) is 0.642. The monoisotopic (exact) mass is 364 g/mol. The maximum Gasteiger partial charge on any atom is 0.389 e. The van der Waals surface area contributed by atoms with Gasteiger partial charge in [0.05, 0.1) is 21.4 Å². The van der Waals surface area contributed by atoms with Crippen molar-refractivity contribution in [1.29, 1.82) is 0 Å². The third-order valence-electron chi connectivity index (χ3n) is 3.58. The first kappa shape index (κ1) is 18.1. The molecule has 0 aliphatic carbocycles. The lowest BCUT2D eigenvalue weighted by Crippen LogP contribution is -2.08. The smallest absolute Gasteiger partial charge is 0.263 e. The van der Waals surface area contributed by atoms with Crippen LogP contribution in [0.3, 0.4) is 0 Å². The number of hydrogen-bond donors (Lipinski definition) is 0. The van der Waals surface area contributed by atoms with Crippen molar-refractivity contribution in [2.45, 2.75) is 45.8 Å². The summed E-state index contributed by atoms with van der Waals surface area (Å²) in [5.41, 5.74) is 2.71. The molecule has 2 nitrogen and oxygen atoms in total. The summed E-state index contributed by atoms with van der Waals surface area (Å²) in [5.74, 6) is 0. The molecule has 126 valence electrons. The van der Waals surface area contributed by atoms with Gasteiger partial charge in [-0.1, -0.05) is 42.3 Å². The minimum Gasteiger partial charge on any atom is -0.263 e. The van der Waals surface area contributed by atoms with Gasteiger partial charge in [-0.15, -0.1) is 0 Å². The molecule has 1 heterocycles. The molecule has 0 bridgehead atoms. The average Bonchev–Trinajstić information content (AvgIpc) is 2.80. The molecule has 0 fully saturated rings. The lowest BCUT2D eigenvalue weighted by atomic mass is 10.0. The van der Waals surface area contributed by atoms with Crippen molar-refractivity contribution in [1.82, 2.24) is 9.78 Å². The Kier molecular flexibility index (Phi) is 5.63. The number of hydrogen-bond acceptors (Lipinski definition) is 1. The third-order valence-corrected chi connectivity index (χ3v) is 4.29. The highest BCUT2D eigenvalue weighted by atomic mass is 35.5. The van der Waals surface area contributed by atoms with Gasteiger partial charge >= 0.3 is 6.18 Å². The van der Waals surface area contributed by atoms with E-state index in [0.29, 0.717) is 39.8 Å². The summed E-state index contributed by atoms with van der Waals surface area (Å²) in [4.78, 5) is 0. The average molecular weight is 365 g/mol. The van der Waals surface area contributed by atoms with E-state index < -0.39 is 12.6 Å². The molecule has 0 saturated heterocycles. The van der Waals surface area contributed by atoms with Crippen LogP contribution in [0.2, 0.25) is 10.0 Å². The standard InChI is InChI=1S/C16H17Cl2F3N2/c1-3-13-14(18)15(23(4-2)22-13)11-6-5-10(9-12(11)17)7-8-16(19,20)21/h5-6,9H,3-4,7-8H2,1-2H3. The zero-order chi connectivity index (χ0) is 17.2. The van der Waals surface area contributed by atoms with E-state index in [-0.39, 0.29) is 6.42 Å². The predicted molar refractivity (Wildman–Crippen MR) is 87.1 cm³/mol. The van der Waals surface area contributed by atoms with E-state index in [1.807, 2.05) is 13.8 Å². The second kappa shape index (κ2) is 7.14. The van der Waals surface area contributed by atoms with Crippen LogP contribution in [0.1, 0.15) is 31.5 Å². The van der Waals surface area contributed by atoms with Crippen LogP contribution in [0.4, 0.5) is 13.2 Å². The molecule has 1 aromatic carbocycles. The van der Waals surface area contributed by atoms with Gasteiger partial charge in [-0.05, 0) is 31.4 Å². The molecule has 0 N–H and O–H groups in total. The Labute approximate surface area is 143 Å². The van der Waals surface area contributed by atoms with Crippen LogP contribution < -0.4 is 0 Å². The van der Waals surface area contributed by atoms with E-state index in [2.05, 4.69) is 5.10 Å². The molecular formula is C16H17Cl2F3N2. The van der Waals surface area contributed by atoms with Crippen LogP contribution in [0.5, 0.6) is 0 Å². The number of halogens is 5. The van der Waals surface area contributed by atoms with Crippen molar-refractivity contribution in [3.05, 3.63) is 39.5 Å². The molecule has 1 aromatic heterocycles. The fourth-order valence-electron chi connectivity index (χ4n) is 2.39. The highest BCUT2D eigenvalue weighted by molar-refractivity contribution is 6.36. The van der Waals surface area contributed by atoms with E-state index in [1.165, 1.54) is 0 Å². The molecule has 7 heteroatoms. The predicted octanol–water partition coefficient (Wildman–Crippen LogP) is 5.93. The van der Waals surface area contributed by atoms with Gasteiger partial charge in [0.2, 0.25) is 0 Å². The zero-order valence-electron chi connectivity index (χ0n) is 12.8. The molecule has 2 rings (SSSR count). The normalized spacial score (nSPS) is 12.0.